The molecule has 0 radical (unpaired) electrons. The van der Waals surface area contributed by atoms with Gasteiger partial charge < -0.3 is 5.73 Å². The molecule has 0 fully saturated rings. The van der Waals surface area contributed by atoms with Gasteiger partial charge in [0.1, 0.15) is 16.8 Å². The quantitative estimate of drug-likeness (QED) is 0.800. The van der Waals surface area contributed by atoms with E-state index in [1.807, 2.05) is 6.07 Å². The van der Waals surface area contributed by atoms with Crippen molar-refractivity contribution >= 4 is 21.5 Å². The Balaban J connectivity index is 2.46. The number of benzene rings is 1. The summed E-state index contributed by atoms with van der Waals surface area (Å²) in [7, 11) is -2.25. The zero-order valence-electron chi connectivity index (χ0n) is 10.0. The molecule has 0 saturated carbocycles. The minimum atomic E-state index is -3.85. The third kappa shape index (κ3) is 2.51. The van der Waals surface area contributed by atoms with Gasteiger partial charge in [-0.25, -0.2) is 8.42 Å². The van der Waals surface area contributed by atoms with Crippen LogP contribution in [0.1, 0.15) is 5.56 Å². The van der Waals surface area contributed by atoms with Crippen LogP contribution in [-0.4, -0.2) is 18.2 Å². The van der Waals surface area contributed by atoms with Crippen LogP contribution < -0.4 is 10.5 Å². The maximum Gasteiger partial charge on any atom is 0.264 e. The van der Waals surface area contributed by atoms with Crippen LogP contribution in [0.3, 0.4) is 0 Å². The van der Waals surface area contributed by atoms with Gasteiger partial charge in [-0.1, -0.05) is 0 Å². The van der Waals surface area contributed by atoms with Crippen molar-refractivity contribution in [3.63, 3.8) is 0 Å². The third-order valence-corrected chi connectivity index (χ3v) is 3.89. The van der Waals surface area contributed by atoms with Crippen molar-refractivity contribution in [3.8, 4) is 6.07 Å². The van der Waals surface area contributed by atoms with Crippen molar-refractivity contribution in [1.29, 1.82) is 5.26 Å². The zero-order chi connectivity index (χ0) is 14.0. The third-order valence-electron chi connectivity index (χ3n) is 2.47. The molecule has 0 spiro atoms. The van der Waals surface area contributed by atoms with Gasteiger partial charge in [-0.15, -0.1) is 0 Å². The summed E-state index contributed by atoms with van der Waals surface area (Å²) >= 11 is 0. The molecule has 0 aliphatic rings. The van der Waals surface area contributed by atoms with Crippen molar-refractivity contribution in [3.05, 3.63) is 36.0 Å². The number of nitriles is 1. The van der Waals surface area contributed by atoms with Gasteiger partial charge in [0, 0.05) is 18.8 Å². The molecular formula is C11H11N5O2S. The van der Waals surface area contributed by atoms with Crippen LogP contribution in [0.4, 0.5) is 11.5 Å². The highest BCUT2D eigenvalue weighted by molar-refractivity contribution is 7.92. The smallest absolute Gasteiger partial charge is 0.264 e. The van der Waals surface area contributed by atoms with Gasteiger partial charge in [0.15, 0.2) is 0 Å². The van der Waals surface area contributed by atoms with E-state index in [1.165, 1.54) is 35.1 Å². The standard InChI is InChI=1S/C11H11N5O2S/c1-16-11(4-5-14-16)15-19(17,18)10-3-2-9(13)6-8(10)7-12/h2-6,15H,13H2,1H3. The summed E-state index contributed by atoms with van der Waals surface area (Å²) in [4.78, 5) is -0.120. The van der Waals surface area contributed by atoms with Crippen molar-refractivity contribution in [2.24, 2.45) is 7.05 Å². The number of rotatable bonds is 3. The number of hydrogen-bond acceptors (Lipinski definition) is 5. The van der Waals surface area contributed by atoms with E-state index in [-0.39, 0.29) is 10.5 Å². The van der Waals surface area contributed by atoms with Gasteiger partial charge in [0.2, 0.25) is 0 Å². The summed E-state index contributed by atoms with van der Waals surface area (Å²) in [5.41, 5.74) is 5.85. The number of aryl methyl sites for hydroxylation is 1. The molecule has 0 aliphatic heterocycles. The second-order valence-electron chi connectivity index (χ2n) is 3.81. The Morgan fingerprint density at radius 1 is 1.42 bits per heavy atom. The molecule has 2 aromatic rings. The lowest BCUT2D eigenvalue weighted by molar-refractivity contribution is 0.600. The highest BCUT2D eigenvalue weighted by Crippen LogP contribution is 2.20. The Bertz CT molecular complexity index is 758. The van der Waals surface area contributed by atoms with Crippen LogP contribution >= 0.6 is 0 Å². The molecule has 2 rings (SSSR count). The highest BCUT2D eigenvalue weighted by Gasteiger charge is 2.20. The van der Waals surface area contributed by atoms with Gasteiger partial charge in [0.25, 0.3) is 10.0 Å². The van der Waals surface area contributed by atoms with Gasteiger partial charge in [0.05, 0.1) is 11.8 Å². The Morgan fingerprint density at radius 2 is 2.16 bits per heavy atom. The number of nitrogen functional groups attached to an aromatic ring is 1. The lowest BCUT2D eigenvalue weighted by Gasteiger charge is -2.09. The number of nitrogens with zero attached hydrogens (tertiary/aromatic N) is 3. The van der Waals surface area contributed by atoms with Gasteiger partial charge in [-0.3, -0.25) is 9.40 Å². The largest absolute Gasteiger partial charge is 0.399 e. The molecule has 7 nitrogen and oxygen atoms in total. The minimum absolute atomic E-state index is 0.00494. The summed E-state index contributed by atoms with van der Waals surface area (Å²) in [5, 5.41) is 12.8. The number of hydrogen-bond donors (Lipinski definition) is 2. The van der Waals surface area contributed by atoms with Crippen LogP contribution in [0.2, 0.25) is 0 Å². The molecule has 0 aliphatic carbocycles. The number of sulfonamides is 1. The fourth-order valence-electron chi connectivity index (χ4n) is 1.54. The number of nitrogens with two attached hydrogens (primary N) is 1. The van der Waals surface area contributed by atoms with E-state index in [9.17, 15) is 8.42 Å². The first-order valence-electron chi connectivity index (χ1n) is 5.24. The Labute approximate surface area is 110 Å². The lowest BCUT2D eigenvalue weighted by Crippen LogP contribution is -2.16. The molecular weight excluding hydrogens is 266 g/mol. The molecule has 98 valence electrons. The topological polar surface area (TPSA) is 114 Å². The lowest BCUT2D eigenvalue weighted by atomic mass is 10.2. The molecule has 0 saturated heterocycles. The van der Waals surface area contributed by atoms with Crippen LogP contribution in [0.5, 0.6) is 0 Å². The maximum absolute atomic E-state index is 12.2. The monoisotopic (exact) mass is 277 g/mol. The normalized spacial score (nSPS) is 10.9. The Morgan fingerprint density at radius 3 is 2.74 bits per heavy atom. The second kappa shape index (κ2) is 4.62. The van der Waals surface area contributed by atoms with Crippen molar-refractivity contribution in [2.75, 3.05) is 10.5 Å². The molecule has 8 heteroatoms. The molecule has 1 heterocycles. The van der Waals surface area contributed by atoms with Crippen LogP contribution in [0, 0.1) is 11.3 Å². The van der Waals surface area contributed by atoms with E-state index in [0.29, 0.717) is 11.5 Å². The highest BCUT2D eigenvalue weighted by atomic mass is 32.2. The van der Waals surface area contributed by atoms with Crippen molar-refractivity contribution in [1.82, 2.24) is 9.78 Å². The van der Waals surface area contributed by atoms with E-state index in [2.05, 4.69) is 9.82 Å². The summed E-state index contributed by atoms with van der Waals surface area (Å²) in [6, 6.07) is 7.37. The predicted molar refractivity (Wildman–Crippen MR) is 69.6 cm³/mol. The van der Waals surface area contributed by atoms with Crippen LogP contribution in [-0.2, 0) is 17.1 Å². The predicted octanol–water partition coefficient (Wildman–Crippen LogP) is 0.675. The molecule has 0 unspecified atom stereocenters. The Kier molecular flexibility index (Phi) is 3.14. The first-order valence-corrected chi connectivity index (χ1v) is 6.73. The van der Waals surface area contributed by atoms with Crippen LogP contribution in [0.15, 0.2) is 35.4 Å². The van der Waals surface area contributed by atoms with E-state index >= 15 is 0 Å². The zero-order valence-corrected chi connectivity index (χ0v) is 10.8. The fourth-order valence-corrected chi connectivity index (χ4v) is 2.76. The summed E-state index contributed by atoms with van der Waals surface area (Å²) in [6.45, 7) is 0. The van der Waals surface area contributed by atoms with E-state index in [0.717, 1.165) is 0 Å². The first kappa shape index (κ1) is 12.9. The number of anilines is 2. The van der Waals surface area contributed by atoms with E-state index < -0.39 is 10.0 Å². The number of nitrogens with one attached hydrogen (secondary N) is 1. The minimum Gasteiger partial charge on any atom is -0.399 e. The van der Waals surface area contributed by atoms with Gasteiger partial charge in [-0.2, -0.15) is 10.4 Å². The molecule has 0 amide bonds. The maximum atomic E-state index is 12.2. The van der Waals surface area contributed by atoms with E-state index in [4.69, 9.17) is 11.0 Å². The fraction of sp³-hybridized carbons (Fsp3) is 0.0909. The van der Waals surface area contributed by atoms with Crippen molar-refractivity contribution in [2.45, 2.75) is 4.90 Å². The molecule has 0 bridgehead atoms. The van der Waals surface area contributed by atoms with Gasteiger partial charge in [-0.05, 0) is 18.2 Å². The molecule has 1 aromatic heterocycles. The average molecular weight is 277 g/mol. The molecule has 3 N–H and O–H groups in total. The van der Waals surface area contributed by atoms with E-state index in [1.54, 1.807) is 7.05 Å². The second-order valence-corrected chi connectivity index (χ2v) is 5.46. The molecule has 0 atom stereocenters. The van der Waals surface area contributed by atoms with Crippen molar-refractivity contribution < 1.29 is 8.42 Å². The average Bonchev–Trinajstić information content (AvgIpc) is 2.74. The summed E-state index contributed by atoms with van der Waals surface area (Å²) in [6.07, 6.45) is 1.46. The number of aromatic nitrogens is 2. The van der Waals surface area contributed by atoms with Crippen LogP contribution in [0.25, 0.3) is 0 Å². The summed E-state index contributed by atoms with van der Waals surface area (Å²) < 4.78 is 28.1. The van der Waals surface area contributed by atoms with Gasteiger partial charge >= 0.3 is 0 Å². The molecule has 1 aromatic carbocycles. The SMILES string of the molecule is Cn1nccc1NS(=O)(=O)c1ccc(N)cc1C#N. The first-order chi connectivity index (χ1) is 8.94. The Hall–Kier alpha value is -2.53. The molecule has 19 heavy (non-hydrogen) atoms. The summed E-state index contributed by atoms with van der Waals surface area (Å²) in [5.74, 6) is 0.306.